The maximum Gasteiger partial charge on any atom is 0.144 e. The molecule has 3 aromatic rings. The second-order valence-corrected chi connectivity index (χ2v) is 8.01. The standard InChI is InChI=1S/C23H25ClFN5O/c1-30-10-4-6-16(30)5-3-9-26-21-12-17-20(13-22(21)31-2)27-14-28-23(17)29-15-7-8-19(25)18(24)11-15/h3,7-9,11-14,16,26H,4-6,10H2,1-2H3,(H,27,28,29)/b9-3+/t16-/m1/s1. The van der Waals surface area contributed by atoms with Crippen molar-refractivity contribution in [1.29, 1.82) is 0 Å². The number of aromatic nitrogens is 2. The first kappa shape index (κ1) is 21.3. The maximum atomic E-state index is 13.5. The predicted octanol–water partition coefficient (Wildman–Crippen LogP) is 5.58. The molecule has 8 heteroatoms. The lowest BCUT2D eigenvalue weighted by Gasteiger charge is -2.17. The van der Waals surface area contributed by atoms with Crippen molar-refractivity contribution in [2.24, 2.45) is 0 Å². The van der Waals surface area contributed by atoms with Gasteiger partial charge in [-0.1, -0.05) is 17.7 Å². The van der Waals surface area contributed by atoms with Crippen LogP contribution in [0, 0.1) is 5.82 Å². The van der Waals surface area contributed by atoms with Crippen molar-refractivity contribution in [3.05, 3.63) is 59.8 Å². The van der Waals surface area contributed by atoms with Crippen molar-refractivity contribution >= 4 is 39.7 Å². The highest BCUT2D eigenvalue weighted by Crippen LogP contribution is 2.33. The Kier molecular flexibility index (Phi) is 6.53. The molecule has 31 heavy (non-hydrogen) atoms. The molecular formula is C23H25ClFN5O. The lowest BCUT2D eigenvalue weighted by atomic mass is 10.1. The zero-order valence-electron chi connectivity index (χ0n) is 17.5. The van der Waals surface area contributed by atoms with Gasteiger partial charge in [0.2, 0.25) is 0 Å². The number of hydrogen-bond donors (Lipinski definition) is 2. The largest absolute Gasteiger partial charge is 0.494 e. The number of fused-ring (bicyclic) bond motifs is 1. The average molecular weight is 442 g/mol. The highest BCUT2D eigenvalue weighted by Gasteiger charge is 2.19. The van der Waals surface area contributed by atoms with E-state index in [2.05, 4.69) is 38.6 Å². The summed E-state index contributed by atoms with van der Waals surface area (Å²) in [6.45, 7) is 1.17. The second-order valence-electron chi connectivity index (χ2n) is 7.60. The van der Waals surface area contributed by atoms with Gasteiger partial charge in [0.15, 0.2) is 0 Å². The summed E-state index contributed by atoms with van der Waals surface area (Å²) >= 11 is 5.91. The number of hydrogen-bond acceptors (Lipinski definition) is 6. The summed E-state index contributed by atoms with van der Waals surface area (Å²) in [4.78, 5) is 11.1. The SMILES string of the molecule is COc1cc2ncnc(Nc3ccc(F)c(Cl)c3)c2cc1N/C=C/C[C@@H]1CCCN1C. The van der Waals surface area contributed by atoms with E-state index >= 15 is 0 Å². The zero-order valence-corrected chi connectivity index (χ0v) is 18.3. The van der Waals surface area contributed by atoms with Crippen LogP contribution in [0.15, 0.2) is 48.9 Å². The first-order valence-electron chi connectivity index (χ1n) is 10.2. The van der Waals surface area contributed by atoms with E-state index in [1.807, 2.05) is 18.3 Å². The molecule has 2 heterocycles. The van der Waals surface area contributed by atoms with E-state index in [0.29, 0.717) is 23.3 Å². The fourth-order valence-corrected chi connectivity index (χ4v) is 4.01. The quantitative estimate of drug-likeness (QED) is 0.498. The molecule has 2 aromatic carbocycles. The van der Waals surface area contributed by atoms with E-state index < -0.39 is 5.82 Å². The molecule has 1 aliphatic heterocycles. The minimum absolute atomic E-state index is 0.0467. The Balaban J connectivity index is 1.58. The number of methoxy groups -OCH3 is 1. The van der Waals surface area contributed by atoms with Crippen LogP contribution in [0.4, 0.5) is 21.6 Å². The predicted molar refractivity (Wildman–Crippen MR) is 124 cm³/mol. The number of halogens is 2. The molecule has 0 saturated carbocycles. The van der Waals surface area contributed by atoms with Crippen LogP contribution in [0.25, 0.3) is 10.9 Å². The van der Waals surface area contributed by atoms with Gasteiger partial charge in [-0.15, -0.1) is 0 Å². The molecule has 0 radical (unpaired) electrons. The molecule has 2 N–H and O–H groups in total. The first-order chi connectivity index (χ1) is 15.0. The molecule has 1 fully saturated rings. The maximum absolute atomic E-state index is 13.5. The van der Waals surface area contributed by atoms with Crippen LogP contribution in [-0.4, -0.2) is 41.6 Å². The number of rotatable bonds is 7. The van der Waals surface area contributed by atoms with Gasteiger partial charge in [0.25, 0.3) is 0 Å². The molecule has 1 aliphatic rings. The third-order valence-electron chi connectivity index (χ3n) is 5.58. The highest BCUT2D eigenvalue weighted by molar-refractivity contribution is 6.31. The molecule has 0 aliphatic carbocycles. The van der Waals surface area contributed by atoms with Gasteiger partial charge >= 0.3 is 0 Å². The number of anilines is 3. The van der Waals surface area contributed by atoms with E-state index in [-0.39, 0.29) is 5.02 Å². The van der Waals surface area contributed by atoms with Crippen LogP contribution in [0.2, 0.25) is 5.02 Å². The van der Waals surface area contributed by atoms with E-state index in [9.17, 15) is 4.39 Å². The summed E-state index contributed by atoms with van der Waals surface area (Å²) in [6, 6.07) is 8.85. The van der Waals surface area contributed by atoms with Gasteiger partial charge in [0.05, 0.1) is 23.3 Å². The lowest BCUT2D eigenvalue weighted by Crippen LogP contribution is -2.23. The van der Waals surface area contributed by atoms with Gasteiger partial charge in [-0.05, 0) is 63.3 Å². The minimum Gasteiger partial charge on any atom is -0.494 e. The first-order valence-corrected chi connectivity index (χ1v) is 10.6. The van der Waals surface area contributed by atoms with Crippen molar-refractivity contribution in [1.82, 2.24) is 14.9 Å². The Morgan fingerprint density at radius 3 is 2.90 bits per heavy atom. The van der Waals surface area contributed by atoms with Crippen LogP contribution >= 0.6 is 11.6 Å². The molecule has 1 saturated heterocycles. The smallest absolute Gasteiger partial charge is 0.144 e. The molecular weight excluding hydrogens is 417 g/mol. The summed E-state index contributed by atoms with van der Waals surface area (Å²) in [7, 11) is 3.80. The third-order valence-corrected chi connectivity index (χ3v) is 5.86. The summed E-state index contributed by atoms with van der Waals surface area (Å²) in [5, 5.41) is 7.37. The molecule has 4 rings (SSSR count). The fourth-order valence-electron chi connectivity index (χ4n) is 3.83. The van der Waals surface area contributed by atoms with Gasteiger partial charge in [-0.2, -0.15) is 0 Å². The van der Waals surface area contributed by atoms with Gasteiger partial charge in [0.1, 0.15) is 23.7 Å². The molecule has 0 spiro atoms. The Morgan fingerprint density at radius 2 is 2.16 bits per heavy atom. The van der Waals surface area contributed by atoms with Crippen LogP contribution < -0.4 is 15.4 Å². The third kappa shape index (κ3) is 4.89. The molecule has 0 unspecified atom stereocenters. The van der Waals surface area contributed by atoms with E-state index in [4.69, 9.17) is 16.3 Å². The van der Waals surface area contributed by atoms with Crippen molar-refractivity contribution in [2.75, 3.05) is 31.3 Å². The second kappa shape index (κ2) is 9.49. The van der Waals surface area contributed by atoms with Gasteiger partial charge in [-0.25, -0.2) is 14.4 Å². The molecule has 6 nitrogen and oxygen atoms in total. The molecule has 1 aromatic heterocycles. The van der Waals surface area contributed by atoms with Gasteiger partial charge in [-0.3, -0.25) is 0 Å². The van der Waals surface area contributed by atoms with Crippen LogP contribution in [-0.2, 0) is 0 Å². The number of nitrogens with zero attached hydrogens (tertiary/aromatic N) is 3. The Hall–Kier alpha value is -2.90. The van der Waals surface area contributed by atoms with Crippen molar-refractivity contribution in [2.45, 2.75) is 25.3 Å². The molecule has 0 amide bonds. The van der Waals surface area contributed by atoms with Crippen molar-refractivity contribution in [3.63, 3.8) is 0 Å². The molecule has 162 valence electrons. The normalized spacial score (nSPS) is 16.8. The molecule has 1 atom stereocenters. The minimum atomic E-state index is -0.466. The number of ether oxygens (including phenoxy) is 1. The summed E-state index contributed by atoms with van der Waals surface area (Å²) in [6.07, 6.45) is 9.07. The van der Waals surface area contributed by atoms with Gasteiger partial charge < -0.3 is 20.3 Å². The Morgan fingerprint density at radius 1 is 1.29 bits per heavy atom. The monoisotopic (exact) mass is 441 g/mol. The topological polar surface area (TPSA) is 62.3 Å². The van der Waals surface area contributed by atoms with Crippen LogP contribution in [0.3, 0.4) is 0 Å². The van der Waals surface area contributed by atoms with E-state index in [1.165, 1.54) is 37.8 Å². The molecule has 0 bridgehead atoms. The Bertz CT molecular complexity index is 1110. The number of benzene rings is 2. The number of likely N-dealkylation sites (tertiary alicyclic amines) is 1. The summed E-state index contributed by atoms with van der Waals surface area (Å²) < 4.78 is 19.0. The summed E-state index contributed by atoms with van der Waals surface area (Å²) in [5.41, 5.74) is 2.17. The van der Waals surface area contributed by atoms with Crippen molar-refractivity contribution < 1.29 is 9.13 Å². The van der Waals surface area contributed by atoms with E-state index in [1.54, 1.807) is 13.2 Å². The summed E-state index contributed by atoms with van der Waals surface area (Å²) in [5.74, 6) is 0.811. The number of nitrogens with one attached hydrogen (secondary N) is 2. The Labute approximate surface area is 186 Å². The van der Waals surface area contributed by atoms with Gasteiger partial charge in [0, 0.05) is 23.2 Å². The fraction of sp³-hybridized carbons (Fsp3) is 0.304. The van der Waals surface area contributed by atoms with Crippen molar-refractivity contribution in [3.8, 4) is 5.75 Å². The lowest BCUT2D eigenvalue weighted by molar-refractivity contribution is 0.313. The zero-order chi connectivity index (χ0) is 21.8. The average Bonchev–Trinajstić information content (AvgIpc) is 3.18. The highest BCUT2D eigenvalue weighted by atomic mass is 35.5. The van der Waals surface area contributed by atoms with Crippen LogP contribution in [0.1, 0.15) is 19.3 Å². The van der Waals surface area contributed by atoms with E-state index in [0.717, 1.165) is 23.0 Å². The van der Waals surface area contributed by atoms with Crippen LogP contribution in [0.5, 0.6) is 5.75 Å².